The smallest absolute Gasteiger partial charge is 0.331 e. The fourth-order valence-corrected chi connectivity index (χ4v) is 6.72. The molecule has 0 radical (unpaired) electrons. The summed E-state index contributed by atoms with van der Waals surface area (Å²) in [4.78, 5) is 28.5. The zero-order valence-electron chi connectivity index (χ0n) is 20.2. The molecule has 0 bridgehead atoms. The molecule has 0 aromatic heterocycles. The topological polar surface area (TPSA) is 66.8 Å². The number of aliphatic hydroxyl groups excluding tert-OH is 1. The van der Waals surface area contributed by atoms with Gasteiger partial charge < -0.3 is 14.7 Å². The van der Waals surface area contributed by atoms with Gasteiger partial charge in [0.05, 0.1) is 17.4 Å². The number of carbonyl (C=O) groups is 2. The zero-order chi connectivity index (χ0) is 25.3. The Bertz CT molecular complexity index is 1210. The van der Waals surface area contributed by atoms with E-state index < -0.39 is 34.9 Å². The second-order valence-corrected chi connectivity index (χ2v) is 11.5. The van der Waals surface area contributed by atoms with Gasteiger partial charge in [0.2, 0.25) is 5.91 Å². The molecule has 4 atom stereocenters. The maximum atomic E-state index is 13.6. The zero-order valence-corrected chi connectivity index (χ0v) is 21.0. The number of esters is 1. The summed E-state index contributed by atoms with van der Waals surface area (Å²) < 4.78 is 5.56. The molecule has 36 heavy (non-hydrogen) atoms. The van der Waals surface area contributed by atoms with Gasteiger partial charge in [0.1, 0.15) is 6.04 Å². The highest BCUT2D eigenvalue weighted by molar-refractivity contribution is 8.01. The molecule has 0 aliphatic carbocycles. The van der Waals surface area contributed by atoms with Gasteiger partial charge in [-0.25, -0.2) is 4.79 Å². The summed E-state index contributed by atoms with van der Waals surface area (Å²) in [5, 5.41) is 10.5. The molecule has 1 amide bonds. The van der Waals surface area contributed by atoms with Gasteiger partial charge in [0, 0.05) is 4.75 Å². The van der Waals surface area contributed by atoms with E-state index in [-0.39, 0.29) is 11.3 Å². The average Bonchev–Trinajstić information content (AvgIpc) is 3.14. The first-order valence-corrected chi connectivity index (χ1v) is 13.0. The van der Waals surface area contributed by atoms with Crippen molar-refractivity contribution in [2.24, 2.45) is 5.92 Å². The summed E-state index contributed by atoms with van der Waals surface area (Å²) >= 11 is 1.54. The van der Waals surface area contributed by atoms with E-state index in [1.54, 1.807) is 22.7 Å². The number of aliphatic hydroxyl groups is 1. The molecule has 2 saturated heterocycles. The molecule has 5 nitrogen and oxygen atoms in total. The number of hydrogen-bond acceptors (Lipinski definition) is 5. The number of nitrogens with zero attached hydrogens (tertiary/aromatic N) is 1. The van der Waals surface area contributed by atoms with Crippen LogP contribution in [0.5, 0.6) is 0 Å². The van der Waals surface area contributed by atoms with Crippen molar-refractivity contribution in [3.63, 3.8) is 0 Å². The Morgan fingerprint density at radius 1 is 0.944 bits per heavy atom. The number of ether oxygens (including phenoxy) is 1. The number of β-lactam (4-membered cyclic amide) rings is 1. The largest absolute Gasteiger partial charge is 0.451 e. The molecule has 5 rings (SSSR count). The van der Waals surface area contributed by atoms with Crippen molar-refractivity contribution in [1.29, 1.82) is 0 Å². The number of benzene rings is 3. The summed E-state index contributed by atoms with van der Waals surface area (Å²) in [6, 6.07) is 28.1. The van der Waals surface area contributed by atoms with Gasteiger partial charge in [-0.2, -0.15) is 0 Å². The molecule has 2 fully saturated rings. The van der Waals surface area contributed by atoms with E-state index in [2.05, 4.69) is 0 Å². The fraction of sp³-hybridized carbons (Fsp3) is 0.267. The third-order valence-corrected chi connectivity index (χ3v) is 8.39. The van der Waals surface area contributed by atoms with Gasteiger partial charge in [-0.05, 0) is 30.5 Å². The SMILES string of the molecule is CC1(C)S[C@@H]2[C@H](C(O)/C=C/c3ccccc3)C(=O)N2[C@H]1C(=O)OC(c1ccccc1)c1ccccc1. The van der Waals surface area contributed by atoms with E-state index in [1.807, 2.05) is 111 Å². The number of carbonyl (C=O) groups excluding carboxylic acids is 2. The molecule has 2 aliphatic heterocycles. The molecule has 1 unspecified atom stereocenters. The van der Waals surface area contributed by atoms with Crippen LogP contribution < -0.4 is 0 Å². The number of amides is 1. The summed E-state index contributed by atoms with van der Waals surface area (Å²) in [6.07, 6.45) is 1.97. The van der Waals surface area contributed by atoms with Crippen molar-refractivity contribution < 1.29 is 19.4 Å². The van der Waals surface area contributed by atoms with Gasteiger partial charge >= 0.3 is 5.97 Å². The highest BCUT2D eigenvalue weighted by atomic mass is 32.2. The molecular weight excluding hydrogens is 470 g/mol. The predicted molar refractivity (Wildman–Crippen MR) is 142 cm³/mol. The third-order valence-electron chi connectivity index (χ3n) is 6.80. The van der Waals surface area contributed by atoms with E-state index in [1.165, 1.54) is 0 Å². The van der Waals surface area contributed by atoms with Crippen LogP contribution in [-0.2, 0) is 14.3 Å². The molecule has 0 saturated carbocycles. The van der Waals surface area contributed by atoms with E-state index in [4.69, 9.17) is 4.74 Å². The molecule has 0 spiro atoms. The van der Waals surface area contributed by atoms with Crippen LogP contribution in [0, 0.1) is 5.92 Å². The van der Waals surface area contributed by atoms with E-state index >= 15 is 0 Å². The quantitative estimate of drug-likeness (QED) is 0.363. The molecule has 184 valence electrons. The Kier molecular flexibility index (Phi) is 6.73. The first-order valence-electron chi connectivity index (χ1n) is 12.1. The Morgan fingerprint density at radius 3 is 2.03 bits per heavy atom. The minimum Gasteiger partial charge on any atom is -0.451 e. The predicted octanol–water partition coefficient (Wildman–Crippen LogP) is 5.07. The molecule has 6 heteroatoms. The lowest BCUT2D eigenvalue weighted by molar-refractivity contribution is -0.172. The monoisotopic (exact) mass is 499 g/mol. The minimum absolute atomic E-state index is 0.221. The average molecular weight is 500 g/mol. The Labute approximate surface area is 215 Å². The molecule has 2 heterocycles. The van der Waals surface area contributed by atoms with Crippen LogP contribution in [0.15, 0.2) is 97.1 Å². The summed E-state index contributed by atoms with van der Waals surface area (Å²) in [5.74, 6) is -1.25. The third kappa shape index (κ3) is 4.59. The van der Waals surface area contributed by atoms with Crippen molar-refractivity contribution >= 4 is 29.7 Å². The van der Waals surface area contributed by atoms with Crippen molar-refractivity contribution in [2.75, 3.05) is 0 Å². The van der Waals surface area contributed by atoms with Crippen LogP contribution >= 0.6 is 11.8 Å². The lowest BCUT2D eigenvalue weighted by Crippen LogP contribution is -2.65. The van der Waals surface area contributed by atoms with Crippen molar-refractivity contribution in [3.05, 3.63) is 114 Å². The van der Waals surface area contributed by atoms with E-state index in [9.17, 15) is 14.7 Å². The highest BCUT2D eigenvalue weighted by Gasteiger charge is 2.65. The first kappa shape index (κ1) is 24.3. The number of fused-ring (bicyclic) bond motifs is 1. The van der Waals surface area contributed by atoms with E-state index in [0.29, 0.717) is 0 Å². The summed E-state index contributed by atoms with van der Waals surface area (Å²) in [7, 11) is 0. The van der Waals surface area contributed by atoms with Gasteiger partial charge in [0.25, 0.3) is 0 Å². The second-order valence-electron chi connectivity index (χ2n) is 9.68. The number of hydrogen-bond donors (Lipinski definition) is 1. The highest BCUT2D eigenvalue weighted by Crippen LogP contribution is 2.54. The summed E-state index contributed by atoms with van der Waals surface area (Å²) in [6.45, 7) is 3.91. The van der Waals surface area contributed by atoms with Gasteiger partial charge in [-0.1, -0.05) is 103 Å². The molecule has 3 aromatic carbocycles. The first-order chi connectivity index (χ1) is 17.4. The minimum atomic E-state index is -0.932. The van der Waals surface area contributed by atoms with Gasteiger partial charge in [0.15, 0.2) is 6.10 Å². The maximum Gasteiger partial charge on any atom is 0.331 e. The van der Waals surface area contributed by atoms with Gasteiger partial charge in [-0.15, -0.1) is 11.8 Å². The van der Waals surface area contributed by atoms with Gasteiger partial charge in [-0.3, -0.25) is 4.79 Å². The lowest BCUT2D eigenvalue weighted by Gasteiger charge is -2.45. The van der Waals surface area contributed by atoms with Crippen molar-refractivity contribution in [3.8, 4) is 0 Å². The summed E-state index contributed by atoms with van der Waals surface area (Å²) in [5.41, 5.74) is 2.69. The van der Waals surface area contributed by atoms with E-state index in [0.717, 1.165) is 16.7 Å². The van der Waals surface area contributed by atoms with Crippen molar-refractivity contribution in [1.82, 2.24) is 4.90 Å². The molecule has 1 N–H and O–H groups in total. The fourth-order valence-electron chi connectivity index (χ4n) is 5.00. The van der Waals surface area contributed by atoms with Crippen molar-refractivity contribution in [2.45, 2.75) is 42.2 Å². The van der Waals surface area contributed by atoms with Crippen LogP contribution in [0.3, 0.4) is 0 Å². The molecular formula is C30H29NO4S. The standard InChI is InChI=1S/C30H29NO4S/c1-30(2)26(29(34)35-25(21-14-8-4-9-15-21)22-16-10-5-11-17-22)31-27(33)24(28(31)36-30)23(32)19-18-20-12-6-3-7-13-20/h3-19,23-26,28,32H,1-2H3/b19-18+/t23?,24-,26+,28-/m1/s1. The number of thioether (sulfide) groups is 1. The molecule has 3 aromatic rings. The Morgan fingerprint density at radius 2 is 1.47 bits per heavy atom. The Balaban J connectivity index is 1.35. The van der Waals surface area contributed by atoms with Crippen LogP contribution in [0.2, 0.25) is 0 Å². The molecule has 2 aliphatic rings. The second kappa shape index (κ2) is 9.96. The number of rotatable bonds is 7. The van der Waals surface area contributed by atoms with Crippen LogP contribution in [0.4, 0.5) is 0 Å². The normalized spacial score (nSPS) is 23.4. The maximum absolute atomic E-state index is 13.6. The van der Waals surface area contributed by atoms with Crippen LogP contribution in [-0.4, -0.2) is 44.1 Å². The van der Waals surface area contributed by atoms with Crippen LogP contribution in [0.25, 0.3) is 6.08 Å². The van der Waals surface area contributed by atoms with Crippen LogP contribution in [0.1, 0.15) is 36.6 Å². The Hall–Kier alpha value is -3.35. The lowest BCUT2D eigenvalue weighted by atomic mass is 9.87.